The number of aromatic nitrogens is 6. The normalized spacial score (nSPS) is 11.1. The average molecular weight is 474 g/mol. The third-order valence-corrected chi connectivity index (χ3v) is 5.70. The maximum absolute atomic E-state index is 13.4. The Labute approximate surface area is 199 Å². The quantitative estimate of drug-likeness (QED) is 0.383. The number of anilines is 1. The van der Waals surface area contributed by atoms with Crippen molar-refractivity contribution < 1.29 is 4.52 Å². The van der Waals surface area contributed by atoms with E-state index in [-0.39, 0.29) is 5.56 Å². The van der Waals surface area contributed by atoms with E-state index in [1.165, 1.54) is 0 Å². The van der Waals surface area contributed by atoms with Gasteiger partial charge in [0.15, 0.2) is 0 Å². The van der Waals surface area contributed by atoms with E-state index in [9.17, 15) is 4.79 Å². The molecule has 0 aliphatic carbocycles. The summed E-state index contributed by atoms with van der Waals surface area (Å²) in [5.41, 5.74) is 3.21. The van der Waals surface area contributed by atoms with Crippen molar-refractivity contribution in [3.8, 4) is 22.5 Å². The van der Waals surface area contributed by atoms with Crippen LogP contribution in [0.25, 0.3) is 33.5 Å². The van der Waals surface area contributed by atoms with Crippen molar-refractivity contribution in [2.45, 2.75) is 26.9 Å². The summed E-state index contributed by atoms with van der Waals surface area (Å²) >= 11 is 6.58. The van der Waals surface area contributed by atoms with Crippen LogP contribution in [-0.4, -0.2) is 29.7 Å². The highest BCUT2D eigenvalue weighted by Crippen LogP contribution is 2.31. The monoisotopic (exact) mass is 473 g/mol. The van der Waals surface area contributed by atoms with Crippen LogP contribution in [-0.2, 0) is 13.1 Å². The molecular formula is C24H20ClN7O2. The zero-order valence-corrected chi connectivity index (χ0v) is 19.2. The predicted octanol–water partition coefficient (Wildman–Crippen LogP) is 4.50. The minimum absolute atomic E-state index is 0.182. The van der Waals surface area contributed by atoms with Gasteiger partial charge in [-0.3, -0.25) is 14.3 Å². The lowest BCUT2D eigenvalue weighted by Crippen LogP contribution is -2.22. The Bertz CT molecular complexity index is 1550. The van der Waals surface area contributed by atoms with Crippen LogP contribution in [0.2, 0.25) is 5.02 Å². The molecule has 0 unspecified atom stereocenters. The van der Waals surface area contributed by atoms with Crippen LogP contribution in [0.1, 0.15) is 18.4 Å². The Morgan fingerprint density at radius 1 is 1.09 bits per heavy atom. The van der Waals surface area contributed by atoms with Gasteiger partial charge in [0.1, 0.15) is 5.65 Å². The topological polar surface area (TPSA) is 112 Å². The van der Waals surface area contributed by atoms with Crippen LogP contribution in [0.3, 0.4) is 0 Å². The minimum Gasteiger partial charge on any atom is -0.350 e. The third kappa shape index (κ3) is 4.13. The predicted molar refractivity (Wildman–Crippen MR) is 130 cm³/mol. The second-order valence-corrected chi connectivity index (χ2v) is 8.03. The fourth-order valence-corrected chi connectivity index (χ4v) is 3.98. The summed E-state index contributed by atoms with van der Waals surface area (Å²) in [7, 11) is 0. The van der Waals surface area contributed by atoms with Crippen molar-refractivity contribution in [3.63, 3.8) is 0 Å². The number of benzene rings is 1. The molecule has 1 aromatic carbocycles. The van der Waals surface area contributed by atoms with Gasteiger partial charge in [-0.1, -0.05) is 28.9 Å². The lowest BCUT2D eigenvalue weighted by molar-refractivity contribution is 0.394. The first kappa shape index (κ1) is 21.7. The maximum Gasteiger partial charge on any atom is 0.260 e. The van der Waals surface area contributed by atoms with E-state index in [0.29, 0.717) is 58.1 Å². The summed E-state index contributed by atoms with van der Waals surface area (Å²) in [6, 6.07) is 10.9. The van der Waals surface area contributed by atoms with Crippen molar-refractivity contribution in [2.24, 2.45) is 0 Å². The zero-order valence-electron chi connectivity index (χ0n) is 18.5. The highest BCUT2D eigenvalue weighted by Gasteiger charge is 2.16. The first-order valence-electron chi connectivity index (χ1n) is 10.7. The van der Waals surface area contributed by atoms with E-state index < -0.39 is 0 Å². The Hall–Kier alpha value is -4.11. The molecule has 0 fully saturated rings. The molecule has 0 spiro atoms. The summed E-state index contributed by atoms with van der Waals surface area (Å²) < 4.78 is 6.67. The Morgan fingerprint density at radius 3 is 2.62 bits per heavy atom. The molecule has 4 aromatic heterocycles. The number of fused-ring (bicyclic) bond motifs is 1. The average Bonchev–Trinajstić information content (AvgIpc) is 3.29. The third-order valence-electron chi connectivity index (χ3n) is 5.39. The fraction of sp³-hybridized carbons (Fsp3) is 0.167. The van der Waals surface area contributed by atoms with E-state index in [0.717, 1.165) is 10.9 Å². The van der Waals surface area contributed by atoms with Gasteiger partial charge in [0.05, 0.1) is 0 Å². The molecule has 0 bridgehead atoms. The van der Waals surface area contributed by atoms with Gasteiger partial charge in [-0.05, 0) is 36.8 Å². The van der Waals surface area contributed by atoms with E-state index in [2.05, 4.69) is 30.4 Å². The van der Waals surface area contributed by atoms with Crippen molar-refractivity contribution in [2.75, 3.05) is 5.32 Å². The van der Waals surface area contributed by atoms with Crippen LogP contribution < -0.4 is 10.9 Å². The number of hydrogen-bond acceptors (Lipinski definition) is 8. The van der Waals surface area contributed by atoms with Crippen molar-refractivity contribution in [3.05, 3.63) is 81.8 Å². The summed E-state index contributed by atoms with van der Waals surface area (Å²) in [5, 5.41) is 8.27. The van der Waals surface area contributed by atoms with Crippen LogP contribution in [0.5, 0.6) is 0 Å². The number of aryl methyl sites for hydroxylation is 2. The van der Waals surface area contributed by atoms with Gasteiger partial charge in [-0.25, -0.2) is 4.98 Å². The number of pyridine rings is 2. The number of hydrogen-bond donors (Lipinski definition) is 1. The van der Waals surface area contributed by atoms with E-state index in [4.69, 9.17) is 16.1 Å². The summed E-state index contributed by atoms with van der Waals surface area (Å²) in [4.78, 5) is 30.7. The summed E-state index contributed by atoms with van der Waals surface area (Å²) in [6.45, 7) is 4.61. The number of nitrogens with one attached hydrogen (secondary N) is 1. The molecule has 9 nitrogen and oxygen atoms in total. The number of halogens is 1. The SMILES string of the molecule is CCn1c(=O)c(-c2ccc(-c3noc(C)n3)cc2Cl)cc2cnc(NCc3ccncc3)nc21. The Morgan fingerprint density at radius 2 is 1.91 bits per heavy atom. The van der Waals surface area contributed by atoms with Gasteiger partial charge in [-0.2, -0.15) is 9.97 Å². The molecule has 0 amide bonds. The van der Waals surface area contributed by atoms with Crippen LogP contribution in [0, 0.1) is 6.92 Å². The molecule has 0 saturated carbocycles. The standard InChI is InChI=1S/C24H20ClN7O2/c1-3-32-22-17(13-28-24(30-22)27-12-15-6-8-26-9-7-15)10-19(23(32)33)18-5-4-16(11-20(18)25)21-29-14(2)34-31-21/h4-11,13H,3,12H2,1-2H3,(H,27,28,30). The second-order valence-electron chi connectivity index (χ2n) is 7.62. The van der Waals surface area contributed by atoms with Gasteiger partial charge < -0.3 is 9.84 Å². The van der Waals surface area contributed by atoms with Crippen molar-refractivity contribution >= 4 is 28.6 Å². The van der Waals surface area contributed by atoms with Gasteiger partial charge in [0, 0.05) is 65.7 Å². The first-order valence-corrected chi connectivity index (χ1v) is 11.0. The highest BCUT2D eigenvalue weighted by molar-refractivity contribution is 6.33. The molecule has 170 valence electrons. The van der Waals surface area contributed by atoms with E-state index >= 15 is 0 Å². The fourth-order valence-electron chi connectivity index (χ4n) is 3.70. The van der Waals surface area contributed by atoms with Gasteiger partial charge >= 0.3 is 0 Å². The molecule has 4 heterocycles. The summed E-state index contributed by atoms with van der Waals surface area (Å²) in [6.07, 6.45) is 5.17. The summed E-state index contributed by atoms with van der Waals surface area (Å²) in [5.74, 6) is 1.34. The Balaban J connectivity index is 1.52. The minimum atomic E-state index is -0.182. The van der Waals surface area contributed by atoms with E-state index in [1.54, 1.807) is 48.3 Å². The van der Waals surface area contributed by atoms with Crippen LogP contribution >= 0.6 is 11.6 Å². The molecular weight excluding hydrogens is 454 g/mol. The molecule has 0 aliphatic rings. The van der Waals surface area contributed by atoms with Crippen LogP contribution in [0.15, 0.2) is 64.3 Å². The molecule has 0 aliphatic heterocycles. The molecule has 5 rings (SSSR count). The van der Waals surface area contributed by atoms with Gasteiger partial charge in [0.2, 0.25) is 17.7 Å². The maximum atomic E-state index is 13.4. The molecule has 0 atom stereocenters. The molecule has 34 heavy (non-hydrogen) atoms. The van der Waals surface area contributed by atoms with Crippen molar-refractivity contribution in [1.29, 1.82) is 0 Å². The van der Waals surface area contributed by atoms with Gasteiger partial charge in [0.25, 0.3) is 5.56 Å². The highest BCUT2D eigenvalue weighted by atomic mass is 35.5. The van der Waals surface area contributed by atoms with Crippen LogP contribution in [0.4, 0.5) is 5.95 Å². The smallest absolute Gasteiger partial charge is 0.260 e. The second kappa shape index (κ2) is 9.03. The van der Waals surface area contributed by atoms with Gasteiger partial charge in [-0.15, -0.1) is 0 Å². The Kier molecular flexibility index (Phi) is 5.77. The number of rotatable bonds is 6. The first-order chi connectivity index (χ1) is 16.5. The molecule has 0 saturated heterocycles. The number of nitrogens with zero attached hydrogens (tertiary/aromatic N) is 6. The molecule has 5 aromatic rings. The van der Waals surface area contributed by atoms with Crippen molar-refractivity contribution in [1.82, 2.24) is 29.7 Å². The molecule has 1 N–H and O–H groups in total. The lowest BCUT2D eigenvalue weighted by atomic mass is 10.0. The lowest BCUT2D eigenvalue weighted by Gasteiger charge is -2.13. The largest absolute Gasteiger partial charge is 0.350 e. The van der Waals surface area contributed by atoms with E-state index in [1.807, 2.05) is 25.1 Å². The zero-order chi connectivity index (χ0) is 23.7. The molecule has 10 heteroatoms. The molecule has 0 radical (unpaired) electrons.